The Balaban J connectivity index is 1.61. The Morgan fingerprint density at radius 3 is 2.53 bits per heavy atom. The Kier molecular flexibility index (Phi) is 15.5. The summed E-state index contributed by atoms with van der Waals surface area (Å²) in [6, 6.07) is 2.56. The number of aliphatic hydroxyl groups excluding tert-OH is 1. The first-order chi connectivity index (χ1) is 28.2. The summed E-state index contributed by atoms with van der Waals surface area (Å²) in [7, 11) is 3.69. The number of aliphatic imine (C=N–C) groups is 1. The highest BCUT2D eigenvalue weighted by atomic mass is 19.1. The summed E-state index contributed by atoms with van der Waals surface area (Å²) in [5, 5.41) is 32.2. The maximum Gasteiger partial charge on any atom is 0.316 e. The fourth-order valence-electron chi connectivity index (χ4n) is 8.33. The van der Waals surface area contributed by atoms with Crippen molar-refractivity contribution in [2.45, 2.75) is 142 Å². The van der Waals surface area contributed by atoms with Gasteiger partial charge in [-0.1, -0.05) is 25.9 Å². The van der Waals surface area contributed by atoms with E-state index in [4.69, 9.17) is 28.5 Å². The molecule has 0 spiro atoms. The zero-order chi connectivity index (χ0) is 44.1. The quantitative estimate of drug-likeness (QED) is 0.222. The van der Waals surface area contributed by atoms with Crippen LogP contribution in [0, 0.1) is 23.6 Å². The van der Waals surface area contributed by atoms with Gasteiger partial charge in [0, 0.05) is 55.2 Å². The second-order valence-electron chi connectivity index (χ2n) is 17.0. The molecule has 5 rings (SSSR count). The first-order valence-electron chi connectivity index (χ1n) is 20.5. The number of ether oxygens (including phenoxy) is 5. The number of likely N-dealkylation sites (N-methyl/N-ethyl adjacent to an activating group) is 1. The van der Waals surface area contributed by atoms with Crippen LogP contribution in [0.2, 0.25) is 0 Å². The molecule has 2 N–H and O–H groups in total. The number of cyclic esters (lactones) is 1. The van der Waals surface area contributed by atoms with Gasteiger partial charge >= 0.3 is 5.97 Å². The zero-order valence-corrected chi connectivity index (χ0v) is 36.2. The van der Waals surface area contributed by atoms with E-state index in [-0.39, 0.29) is 62.8 Å². The maximum absolute atomic E-state index is 15.0. The summed E-state index contributed by atoms with van der Waals surface area (Å²) >= 11 is 0. The minimum Gasteiger partial charge on any atom is -0.459 e. The third-order valence-corrected chi connectivity index (χ3v) is 11.8. The van der Waals surface area contributed by atoms with Crippen molar-refractivity contribution in [3.05, 3.63) is 42.1 Å². The van der Waals surface area contributed by atoms with E-state index in [1.807, 2.05) is 32.8 Å². The van der Waals surface area contributed by atoms with Crippen LogP contribution in [0.1, 0.15) is 86.6 Å². The normalized spacial score (nSPS) is 36.4. The van der Waals surface area contributed by atoms with Crippen molar-refractivity contribution in [2.24, 2.45) is 27.9 Å². The molecule has 17 nitrogen and oxygen atoms in total. The van der Waals surface area contributed by atoms with E-state index in [2.05, 4.69) is 20.2 Å². The van der Waals surface area contributed by atoms with Crippen molar-refractivity contribution in [1.29, 1.82) is 0 Å². The van der Waals surface area contributed by atoms with Crippen LogP contribution in [-0.2, 0) is 49.5 Å². The van der Waals surface area contributed by atoms with Crippen molar-refractivity contribution in [3.63, 3.8) is 0 Å². The fourth-order valence-corrected chi connectivity index (χ4v) is 8.33. The monoisotopic (exact) mass is 844 g/mol. The number of rotatable bonds is 8. The lowest BCUT2D eigenvalue weighted by molar-refractivity contribution is -0.296. The Morgan fingerprint density at radius 1 is 1.17 bits per heavy atom. The summed E-state index contributed by atoms with van der Waals surface area (Å²) in [5.41, 5.74) is -2.38. The second kappa shape index (κ2) is 19.8. The van der Waals surface area contributed by atoms with Crippen LogP contribution in [0.4, 0.5) is 4.39 Å². The van der Waals surface area contributed by atoms with Gasteiger partial charge in [0.05, 0.1) is 37.1 Å². The molecular formula is C42H61FN6O11. The van der Waals surface area contributed by atoms with Crippen molar-refractivity contribution in [1.82, 2.24) is 19.7 Å². The highest BCUT2D eigenvalue weighted by Gasteiger charge is 2.51. The molecule has 3 fully saturated rings. The Hall–Kier alpha value is -4.04. The molecule has 2 aromatic heterocycles. The van der Waals surface area contributed by atoms with Gasteiger partial charge in [-0.3, -0.25) is 14.4 Å². The van der Waals surface area contributed by atoms with Gasteiger partial charge in [-0.2, -0.15) is 5.10 Å². The number of pyridine rings is 1. The van der Waals surface area contributed by atoms with E-state index in [9.17, 15) is 24.6 Å². The largest absolute Gasteiger partial charge is 0.459 e. The number of aliphatic hydroxyl groups is 2. The van der Waals surface area contributed by atoms with Crippen molar-refractivity contribution < 1.29 is 57.5 Å². The average molecular weight is 845 g/mol. The number of esters is 1. The topological polar surface area (TPSA) is 206 Å². The van der Waals surface area contributed by atoms with E-state index in [0.29, 0.717) is 17.7 Å². The molecule has 2 bridgehead atoms. The van der Waals surface area contributed by atoms with E-state index in [0.717, 1.165) is 0 Å². The lowest BCUT2D eigenvalue weighted by Crippen LogP contribution is -2.59. The number of halogens is 1. The number of nitrogens with zero attached hydrogens (tertiary/aromatic N) is 6. The fraction of sp³-hybridized carbons (Fsp3) is 0.690. The first kappa shape index (κ1) is 47.0. The molecule has 0 aliphatic carbocycles. The van der Waals surface area contributed by atoms with Gasteiger partial charge in [0.1, 0.15) is 36.0 Å². The lowest BCUT2D eigenvalue weighted by Gasteiger charge is -2.47. The number of carbonyl (C=O) groups is 3. The SMILES string of the molecule is CC[C@H]1OC(=O)[C@H](C)C(=O)[C@H](C)[C@@H](O[C@@H]2O[C@H](C)C[C@H](N(C)C)[C@H]2O)[C@@]2(C)C[C@@H](C)C(=NC(C)=O)C[C@@H](OC/C(=N/OCc3cnc(-n4cccn4)c(F)c3)CO2)[C@]1(C)O. The number of hydrogen-bond donors (Lipinski definition) is 2. The molecule has 2 aromatic rings. The van der Waals surface area contributed by atoms with Crippen LogP contribution in [0.3, 0.4) is 0 Å². The molecule has 0 saturated carbocycles. The minimum absolute atomic E-state index is 0.0105. The predicted octanol–water partition coefficient (Wildman–Crippen LogP) is 3.60. The third-order valence-electron chi connectivity index (χ3n) is 11.8. The lowest BCUT2D eigenvalue weighted by atomic mass is 9.76. The van der Waals surface area contributed by atoms with E-state index < -0.39 is 83.1 Å². The van der Waals surface area contributed by atoms with Gasteiger partial charge in [-0.15, -0.1) is 0 Å². The average Bonchev–Trinajstić information content (AvgIpc) is 3.72. The number of oxime groups is 1. The summed E-state index contributed by atoms with van der Waals surface area (Å²) in [6.45, 7) is 12.3. The van der Waals surface area contributed by atoms with E-state index in [1.54, 1.807) is 33.0 Å². The van der Waals surface area contributed by atoms with Crippen molar-refractivity contribution in [3.8, 4) is 5.82 Å². The molecule has 60 heavy (non-hydrogen) atoms. The molecule has 0 radical (unpaired) electrons. The maximum atomic E-state index is 15.0. The molecule has 0 aromatic carbocycles. The van der Waals surface area contributed by atoms with Gasteiger partial charge in [0.15, 0.2) is 23.7 Å². The first-order valence-corrected chi connectivity index (χ1v) is 20.5. The van der Waals surface area contributed by atoms with Crippen LogP contribution < -0.4 is 0 Å². The van der Waals surface area contributed by atoms with Gasteiger partial charge in [0.2, 0.25) is 5.91 Å². The summed E-state index contributed by atoms with van der Waals surface area (Å²) < 4.78 is 48.4. The molecule has 0 unspecified atom stereocenters. The van der Waals surface area contributed by atoms with E-state index in [1.165, 1.54) is 43.9 Å². The molecule has 3 aliphatic heterocycles. The zero-order valence-electron chi connectivity index (χ0n) is 36.2. The third kappa shape index (κ3) is 10.9. The molecule has 332 valence electrons. The number of aromatic nitrogens is 3. The second-order valence-corrected chi connectivity index (χ2v) is 17.0. The smallest absolute Gasteiger partial charge is 0.316 e. The van der Waals surface area contributed by atoms with E-state index >= 15 is 4.39 Å². The van der Waals surface area contributed by atoms with Gasteiger partial charge < -0.3 is 43.6 Å². The van der Waals surface area contributed by atoms with Crippen LogP contribution in [0.15, 0.2) is 40.9 Å². The van der Waals surface area contributed by atoms with Crippen LogP contribution in [0.25, 0.3) is 5.82 Å². The van der Waals surface area contributed by atoms with Crippen molar-refractivity contribution >= 4 is 29.1 Å². The van der Waals surface area contributed by atoms with Crippen LogP contribution in [-0.4, -0.2) is 140 Å². The Morgan fingerprint density at radius 2 is 1.90 bits per heavy atom. The number of amides is 1. The summed E-state index contributed by atoms with van der Waals surface area (Å²) in [4.78, 5) is 57.1. The predicted molar refractivity (Wildman–Crippen MR) is 216 cm³/mol. The number of fused-ring (bicyclic) bond motifs is 5. The van der Waals surface area contributed by atoms with Gasteiger partial charge in [0.25, 0.3) is 0 Å². The van der Waals surface area contributed by atoms with Gasteiger partial charge in [-0.25, -0.2) is 19.0 Å². The van der Waals surface area contributed by atoms with Crippen LogP contribution in [0.5, 0.6) is 0 Å². The summed E-state index contributed by atoms with van der Waals surface area (Å²) in [5.74, 6) is -5.38. The molecule has 5 heterocycles. The highest BCUT2D eigenvalue weighted by Crippen LogP contribution is 2.39. The van der Waals surface area contributed by atoms with Gasteiger partial charge in [-0.05, 0) is 79.1 Å². The van der Waals surface area contributed by atoms with Crippen molar-refractivity contribution in [2.75, 3.05) is 27.3 Å². The Labute approximate surface area is 350 Å². The number of ketones is 1. The number of hydrogen-bond acceptors (Lipinski definition) is 15. The molecular weight excluding hydrogens is 783 g/mol. The number of Topliss-reactive ketones (excluding diaryl/α,β-unsaturated/α-hetero) is 1. The Bertz CT molecular complexity index is 1880. The molecule has 12 atom stereocenters. The molecule has 1 amide bonds. The molecule has 3 saturated heterocycles. The number of carbonyl (C=O) groups excluding carboxylic acids is 3. The summed E-state index contributed by atoms with van der Waals surface area (Å²) in [6.07, 6.45) is -0.920. The minimum atomic E-state index is -1.87. The standard InChI is InChI=1S/C42H61FN6O11/c1-11-33-42(8,54)34-17-31(46-27(6)50)23(2)18-41(7,56-22-29(21-55-34)47-57-20-28-16-30(43)38(44-19-28)49-14-12-13-45-49)37(25(4)35(51)26(5)39(53)59-33)60-40-36(52)32(48(9)10)15-24(3)58-40/h12-14,16,19,23-26,32-34,36-37,40,52,54H,11,15,17-18,20-22H2,1-10H3/b46-31?,47-29-/t23-,24-,25+,26-,32+,33-,34-,36-,37-,40+,41-,42-/m1/s1. The molecule has 18 heteroatoms. The van der Waals surface area contributed by atoms with Crippen LogP contribution >= 0.6 is 0 Å². The molecule has 3 aliphatic rings. The highest BCUT2D eigenvalue weighted by molar-refractivity contribution is 6.00.